The summed E-state index contributed by atoms with van der Waals surface area (Å²) < 4.78 is 0. The zero-order valence-corrected chi connectivity index (χ0v) is 11.0. The van der Waals surface area contributed by atoms with Crippen LogP contribution >= 0.6 is 0 Å². The van der Waals surface area contributed by atoms with Crippen LogP contribution in [-0.2, 0) is 6.42 Å². The Morgan fingerprint density at radius 3 is 2.24 bits per heavy atom. The summed E-state index contributed by atoms with van der Waals surface area (Å²) >= 11 is 0. The third-order valence-electron chi connectivity index (χ3n) is 4.25. The summed E-state index contributed by atoms with van der Waals surface area (Å²) in [5.41, 5.74) is 11.6. The maximum Gasteiger partial charge on any atom is -0.00106 e. The molecule has 17 heavy (non-hydrogen) atoms. The van der Waals surface area contributed by atoms with E-state index in [1.54, 1.807) is 0 Å². The Hall–Kier alpha value is -1.56. The van der Waals surface area contributed by atoms with Crippen molar-refractivity contribution in [1.29, 1.82) is 0 Å². The molecule has 0 amide bonds. The molecule has 0 atom stereocenters. The lowest BCUT2D eigenvalue weighted by atomic mass is 9.97. The van der Waals surface area contributed by atoms with Gasteiger partial charge in [0.2, 0.25) is 0 Å². The first kappa shape index (κ1) is 10.6. The monoisotopic (exact) mass is 222 g/mol. The highest BCUT2D eigenvalue weighted by molar-refractivity contribution is 5.79. The molecular formula is C17H18. The molecule has 0 nitrogen and oxygen atoms in total. The molecule has 2 aromatic rings. The zero-order valence-electron chi connectivity index (χ0n) is 11.0. The van der Waals surface area contributed by atoms with E-state index < -0.39 is 0 Å². The Kier molecular flexibility index (Phi) is 2.16. The van der Waals surface area contributed by atoms with Crippen LogP contribution in [-0.4, -0.2) is 0 Å². The second kappa shape index (κ2) is 3.46. The molecule has 0 N–H and O–H groups in total. The summed E-state index contributed by atoms with van der Waals surface area (Å²) in [5.74, 6) is 0. The van der Waals surface area contributed by atoms with E-state index in [0.717, 1.165) is 6.42 Å². The molecule has 2 aromatic carbocycles. The Morgan fingerprint density at radius 1 is 0.765 bits per heavy atom. The third kappa shape index (κ3) is 1.44. The first-order chi connectivity index (χ1) is 8.08. The standard InChI is InChI=1S/C17H18/c1-10-5-6-15-16(13(10)4)9-14-7-11(2)12(3)8-17(14)15/h5-8H,9H2,1-4H3. The van der Waals surface area contributed by atoms with Crippen LogP contribution in [0.4, 0.5) is 0 Å². The lowest BCUT2D eigenvalue weighted by Crippen LogP contribution is -1.89. The van der Waals surface area contributed by atoms with Crippen LogP contribution in [0.3, 0.4) is 0 Å². The largest absolute Gasteiger partial charge is 0.0584 e. The van der Waals surface area contributed by atoms with Crippen molar-refractivity contribution in [2.45, 2.75) is 34.1 Å². The average Bonchev–Trinajstić information content (AvgIpc) is 2.63. The highest BCUT2D eigenvalue weighted by Crippen LogP contribution is 2.40. The molecular weight excluding hydrogens is 204 g/mol. The van der Waals surface area contributed by atoms with Gasteiger partial charge in [0.15, 0.2) is 0 Å². The predicted molar refractivity (Wildman–Crippen MR) is 73.6 cm³/mol. The summed E-state index contributed by atoms with van der Waals surface area (Å²) in [7, 11) is 0. The molecule has 0 unspecified atom stereocenters. The third-order valence-corrected chi connectivity index (χ3v) is 4.25. The van der Waals surface area contributed by atoms with Crippen molar-refractivity contribution in [2.24, 2.45) is 0 Å². The van der Waals surface area contributed by atoms with Crippen LogP contribution in [0.15, 0.2) is 24.3 Å². The Balaban J connectivity index is 2.29. The van der Waals surface area contributed by atoms with E-state index in [1.165, 1.54) is 44.5 Å². The molecule has 0 fully saturated rings. The highest BCUT2D eigenvalue weighted by Gasteiger charge is 2.21. The molecule has 0 heterocycles. The molecule has 0 bridgehead atoms. The van der Waals surface area contributed by atoms with Crippen LogP contribution in [0.1, 0.15) is 33.4 Å². The van der Waals surface area contributed by atoms with Gasteiger partial charge in [0, 0.05) is 0 Å². The minimum atomic E-state index is 1.11. The Labute approximate surface area is 103 Å². The molecule has 0 radical (unpaired) electrons. The van der Waals surface area contributed by atoms with E-state index in [2.05, 4.69) is 52.0 Å². The molecule has 0 heteroatoms. The molecule has 3 rings (SSSR count). The number of hydrogen-bond acceptors (Lipinski definition) is 0. The normalized spacial score (nSPS) is 12.5. The fraction of sp³-hybridized carbons (Fsp3) is 0.294. The fourth-order valence-corrected chi connectivity index (χ4v) is 2.82. The first-order valence-electron chi connectivity index (χ1n) is 6.27. The molecule has 86 valence electrons. The molecule has 0 spiro atoms. The van der Waals surface area contributed by atoms with Crippen LogP contribution in [0, 0.1) is 27.7 Å². The van der Waals surface area contributed by atoms with Gasteiger partial charge < -0.3 is 0 Å². The lowest BCUT2D eigenvalue weighted by Gasteiger charge is -2.07. The quantitative estimate of drug-likeness (QED) is 0.525. The first-order valence-corrected chi connectivity index (χ1v) is 6.27. The number of benzene rings is 2. The summed E-state index contributed by atoms with van der Waals surface area (Å²) in [6.45, 7) is 8.86. The van der Waals surface area contributed by atoms with Gasteiger partial charge in [0.05, 0.1) is 0 Å². The summed E-state index contributed by atoms with van der Waals surface area (Å²) in [4.78, 5) is 0. The topological polar surface area (TPSA) is 0 Å². The predicted octanol–water partition coefficient (Wildman–Crippen LogP) is 4.49. The van der Waals surface area contributed by atoms with E-state index in [9.17, 15) is 0 Å². The van der Waals surface area contributed by atoms with Crippen LogP contribution in [0.25, 0.3) is 11.1 Å². The van der Waals surface area contributed by atoms with Crippen molar-refractivity contribution >= 4 is 0 Å². The molecule has 0 aromatic heterocycles. The van der Waals surface area contributed by atoms with E-state index in [4.69, 9.17) is 0 Å². The van der Waals surface area contributed by atoms with Crippen molar-refractivity contribution in [2.75, 3.05) is 0 Å². The SMILES string of the molecule is Cc1cc2c(cc1C)-c1ccc(C)c(C)c1C2. The Morgan fingerprint density at radius 2 is 1.47 bits per heavy atom. The van der Waals surface area contributed by atoms with Crippen LogP contribution in [0.2, 0.25) is 0 Å². The maximum absolute atomic E-state index is 2.36. The van der Waals surface area contributed by atoms with Gasteiger partial charge in [-0.25, -0.2) is 0 Å². The smallest absolute Gasteiger partial charge is 0.00106 e. The second-order valence-electron chi connectivity index (χ2n) is 5.30. The molecule has 0 aliphatic heterocycles. The van der Waals surface area contributed by atoms with Gasteiger partial charge in [-0.05, 0) is 78.6 Å². The maximum atomic E-state index is 2.36. The zero-order chi connectivity index (χ0) is 12.2. The Bertz CT molecular complexity index is 618. The summed E-state index contributed by atoms with van der Waals surface area (Å²) in [5, 5.41) is 0. The molecule has 1 aliphatic rings. The van der Waals surface area contributed by atoms with Gasteiger partial charge in [-0.1, -0.05) is 24.3 Å². The minimum absolute atomic E-state index is 1.11. The second-order valence-corrected chi connectivity index (χ2v) is 5.30. The van der Waals surface area contributed by atoms with Crippen LogP contribution in [0.5, 0.6) is 0 Å². The van der Waals surface area contributed by atoms with Crippen LogP contribution < -0.4 is 0 Å². The van der Waals surface area contributed by atoms with E-state index in [1.807, 2.05) is 0 Å². The summed E-state index contributed by atoms with van der Waals surface area (Å²) in [6, 6.07) is 9.25. The van der Waals surface area contributed by atoms with E-state index >= 15 is 0 Å². The van der Waals surface area contributed by atoms with Gasteiger partial charge in [0.1, 0.15) is 0 Å². The van der Waals surface area contributed by atoms with Crippen molar-refractivity contribution < 1.29 is 0 Å². The summed E-state index contributed by atoms with van der Waals surface area (Å²) in [6.07, 6.45) is 1.11. The van der Waals surface area contributed by atoms with Crippen molar-refractivity contribution in [1.82, 2.24) is 0 Å². The van der Waals surface area contributed by atoms with E-state index in [0.29, 0.717) is 0 Å². The highest BCUT2D eigenvalue weighted by atomic mass is 14.2. The molecule has 0 saturated heterocycles. The van der Waals surface area contributed by atoms with Crippen molar-refractivity contribution in [3.05, 3.63) is 57.6 Å². The lowest BCUT2D eigenvalue weighted by molar-refractivity contribution is 1.18. The molecule has 0 saturated carbocycles. The van der Waals surface area contributed by atoms with Gasteiger partial charge >= 0.3 is 0 Å². The van der Waals surface area contributed by atoms with Crippen molar-refractivity contribution in [3.8, 4) is 11.1 Å². The minimum Gasteiger partial charge on any atom is -0.0584 e. The van der Waals surface area contributed by atoms with Gasteiger partial charge in [-0.2, -0.15) is 0 Å². The fourth-order valence-electron chi connectivity index (χ4n) is 2.82. The van der Waals surface area contributed by atoms with Crippen molar-refractivity contribution in [3.63, 3.8) is 0 Å². The number of aryl methyl sites for hydroxylation is 3. The molecule has 1 aliphatic carbocycles. The van der Waals surface area contributed by atoms with Gasteiger partial charge in [-0.3, -0.25) is 0 Å². The average molecular weight is 222 g/mol. The van der Waals surface area contributed by atoms with Gasteiger partial charge in [-0.15, -0.1) is 0 Å². The number of fused-ring (bicyclic) bond motifs is 3. The van der Waals surface area contributed by atoms with Gasteiger partial charge in [0.25, 0.3) is 0 Å². The number of hydrogen-bond donors (Lipinski definition) is 0. The van der Waals surface area contributed by atoms with E-state index in [-0.39, 0.29) is 0 Å². The number of rotatable bonds is 0.